The first-order chi connectivity index (χ1) is 13.2. The van der Waals surface area contributed by atoms with E-state index >= 15 is 0 Å². The van der Waals surface area contributed by atoms with Crippen molar-refractivity contribution in [1.82, 2.24) is 10.7 Å². The highest BCUT2D eigenvalue weighted by Crippen LogP contribution is 2.17. The van der Waals surface area contributed by atoms with Crippen molar-refractivity contribution in [1.29, 1.82) is 0 Å². The highest BCUT2D eigenvalue weighted by molar-refractivity contribution is 9.10. The minimum absolute atomic E-state index is 0.483. The molecule has 0 amide bonds. The lowest BCUT2D eigenvalue weighted by Crippen LogP contribution is -2.40. The number of rotatable bonds is 6. The molecule has 0 unspecified atom stereocenters. The molecule has 0 aromatic heterocycles. The zero-order valence-electron chi connectivity index (χ0n) is 15.2. The molecule has 6 heteroatoms. The van der Waals surface area contributed by atoms with Gasteiger partial charge in [-0.15, -0.1) is 0 Å². The van der Waals surface area contributed by atoms with Crippen molar-refractivity contribution in [3.05, 3.63) is 64.1 Å². The van der Waals surface area contributed by atoms with Crippen LogP contribution in [0, 0.1) is 0 Å². The summed E-state index contributed by atoms with van der Waals surface area (Å²) in [4.78, 5) is 0. The van der Waals surface area contributed by atoms with E-state index in [0.29, 0.717) is 17.8 Å². The molecular formula is C21H24BrN3OS. The summed E-state index contributed by atoms with van der Waals surface area (Å²) in [6.45, 7) is 0.545. The molecule has 1 saturated carbocycles. The molecule has 0 saturated heterocycles. The Labute approximate surface area is 174 Å². The molecule has 3 rings (SSSR count). The third-order valence-corrected chi connectivity index (χ3v) is 5.26. The molecular weight excluding hydrogens is 422 g/mol. The number of ether oxygens (including phenoxy) is 1. The Morgan fingerprint density at radius 1 is 1.07 bits per heavy atom. The summed E-state index contributed by atoms with van der Waals surface area (Å²) in [6.07, 6.45) is 8.02. The highest BCUT2D eigenvalue weighted by Gasteiger charge is 2.13. The summed E-state index contributed by atoms with van der Waals surface area (Å²) in [5.41, 5.74) is 5.02. The van der Waals surface area contributed by atoms with E-state index in [-0.39, 0.29) is 0 Å². The predicted octanol–water partition coefficient (Wildman–Crippen LogP) is 5.16. The summed E-state index contributed by atoms with van der Waals surface area (Å²) >= 11 is 8.73. The van der Waals surface area contributed by atoms with Gasteiger partial charge in [-0.05, 0) is 72.6 Å². The maximum Gasteiger partial charge on any atom is 0.187 e. The summed E-state index contributed by atoms with van der Waals surface area (Å²) in [6, 6.07) is 16.4. The molecule has 142 valence electrons. The molecule has 0 spiro atoms. The second-order valence-corrected chi connectivity index (χ2v) is 7.99. The molecule has 0 bridgehead atoms. The van der Waals surface area contributed by atoms with Gasteiger partial charge in [0, 0.05) is 10.5 Å². The largest absolute Gasteiger partial charge is 0.489 e. The molecule has 0 atom stereocenters. The number of halogens is 1. The van der Waals surface area contributed by atoms with E-state index in [2.05, 4.69) is 31.8 Å². The summed E-state index contributed by atoms with van der Waals surface area (Å²) < 4.78 is 6.87. The lowest BCUT2D eigenvalue weighted by Gasteiger charge is -2.23. The van der Waals surface area contributed by atoms with Gasteiger partial charge < -0.3 is 10.1 Å². The van der Waals surface area contributed by atoms with E-state index in [1.165, 1.54) is 32.1 Å². The molecule has 27 heavy (non-hydrogen) atoms. The third kappa shape index (κ3) is 6.96. The van der Waals surface area contributed by atoms with Crippen molar-refractivity contribution >= 4 is 39.5 Å². The van der Waals surface area contributed by atoms with Crippen LogP contribution in [0.25, 0.3) is 0 Å². The number of hydrogen-bond acceptors (Lipinski definition) is 3. The van der Waals surface area contributed by atoms with Gasteiger partial charge in [-0.2, -0.15) is 5.10 Å². The summed E-state index contributed by atoms with van der Waals surface area (Å²) in [5, 5.41) is 8.14. The van der Waals surface area contributed by atoms with E-state index in [9.17, 15) is 0 Å². The normalized spacial score (nSPS) is 14.9. The number of benzene rings is 2. The average molecular weight is 446 g/mol. The van der Waals surface area contributed by atoms with E-state index in [1.807, 2.05) is 48.5 Å². The second kappa shape index (κ2) is 10.4. The fourth-order valence-electron chi connectivity index (χ4n) is 3.03. The topological polar surface area (TPSA) is 45.7 Å². The number of thiocarbonyl (C=S) groups is 1. The van der Waals surface area contributed by atoms with Crippen molar-refractivity contribution < 1.29 is 4.74 Å². The Bertz CT molecular complexity index is 756. The predicted molar refractivity (Wildman–Crippen MR) is 118 cm³/mol. The van der Waals surface area contributed by atoms with E-state index in [4.69, 9.17) is 17.0 Å². The summed E-state index contributed by atoms with van der Waals surface area (Å²) in [5.74, 6) is 0.831. The van der Waals surface area contributed by atoms with Crippen LogP contribution < -0.4 is 15.5 Å². The Morgan fingerprint density at radius 2 is 1.78 bits per heavy atom. The van der Waals surface area contributed by atoms with Crippen LogP contribution in [0.1, 0.15) is 43.2 Å². The van der Waals surface area contributed by atoms with Crippen LogP contribution in [0.4, 0.5) is 0 Å². The number of hydrazone groups is 1. The molecule has 0 radical (unpaired) electrons. The Balaban J connectivity index is 1.42. The summed E-state index contributed by atoms with van der Waals surface area (Å²) in [7, 11) is 0. The van der Waals surface area contributed by atoms with Gasteiger partial charge in [0.15, 0.2) is 5.11 Å². The highest BCUT2D eigenvalue weighted by atomic mass is 79.9. The molecule has 1 fully saturated rings. The Morgan fingerprint density at radius 3 is 2.48 bits per heavy atom. The molecule has 2 aromatic rings. The standard InChI is InChI=1S/C21H24BrN3OS/c22-18-10-6-17(7-11-18)15-26-20-12-8-16(9-13-20)14-23-25-21(27)24-19-4-2-1-3-5-19/h6-14,19H,1-5,15H2,(H2,24,25,27)/b23-14+. The van der Waals surface area contributed by atoms with Crippen molar-refractivity contribution in [3.63, 3.8) is 0 Å². The molecule has 1 aliphatic carbocycles. The third-order valence-electron chi connectivity index (χ3n) is 4.52. The fraction of sp³-hybridized carbons (Fsp3) is 0.333. The van der Waals surface area contributed by atoms with Gasteiger partial charge in [0.25, 0.3) is 0 Å². The van der Waals surface area contributed by atoms with Gasteiger partial charge in [-0.1, -0.05) is 47.3 Å². The zero-order chi connectivity index (χ0) is 18.9. The van der Waals surface area contributed by atoms with Crippen LogP contribution in [0.2, 0.25) is 0 Å². The first kappa shape index (κ1) is 19.8. The van der Waals surface area contributed by atoms with Gasteiger partial charge in [0.1, 0.15) is 12.4 Å². The molecule has 1 aliphatic rings. The number of nitrogens with one attached hydrogen (secondary N) is 2. The van der Waals surface area contributed by atoms with E-state index in [1.54, 1.807) is 6.21 Å². The molecule has 0 aliphatic heterocycles. The van der Waals surface area contributed by atoms with Crippen molar-refractivity contribution in [2.75, 3.05) is 0 Å². The van der Waals surface area contributed by atoms with Gasteiger partial charge >= 0.3 is 0 Å². The molecule has 2 N–H and O–H groups in total. The van der Waals surface area contributed by atoms with Crippen molar-refractivity contribution in [3.8, 4) is 5.75 Å². The SMILES string of the molecule is S=C(N/N=C/c1ccc(OCc2ccc(Br)cc2)cc1)NC1CCCCC1. The van der Waals surface area contributed by atoms with Crippen LogP contribution in [-0.4, -0.2) is 17.4 Å². The van der Waals surface area contributed by atoms with Crippen LogP contribution in [0.3, 0.4) is 0 Å². The van der Waals surface area contributed by atoms with E-state index in [0.717, 1.165) is 21.3 Å². The lowest BCUT2D eigenvalue weighted by atomic mass is 9.96. The molecule has 2 aromatic carbocycles. The Hall–Kier alpha value is -1.92. The maximum atomic E-state index is 5.81. The van der Waals surface area contributed by atoms with Gasteiger partial charge in [-0.3, -0.25) is 5.43 Å². The first-order valence-corrected chi connectivity index (χ1v) is 10.5. The number of hydrogen-bond donors (Lipinski definition) is 2. The van der Waals surface area contributed by atoms with Gasteiger partial charge in [0.05, 0.1) is 6.21 Å². The molecule has 0 heterocycles. The zero-order valence-corrected chi connectivity index (χ0v) is 17.6. The van der Waals surface area contributed by atoms with Crippen LogP contribution in [0.5, 0.6) is 5.75 Å². The minimum atomic E-state index is 0.483. The fourth-order valence-corrected chi connectivity index (χ4v) is 3.51. The quantitative estimate of drug-likeness (QED) is 0.366. The van der Waals surface area contributed by atoms with Crippen molar-refractivity contribution in [2.24, 2.45) is 5.10 Å². The second-order valence-electron chi connectivity index (χ2n) is 6.66. The minimum Gasteiger partial charge on any atom is -0.489 e. The molecule has 4 nitrogen and oxygen atoms in total. The Kier molecular flexibility index (Phi) is 7.66. The van der Waals surface area contributed by atoms with E-state index < -0.39 is 0 Å². The lowest BCUT2D eigenvalue weighted by molar-refractivity contribution is 0.306. The number of nitrogens with zero attached hydrogens (tertiary/aromatic N) is 1. The van der Waals surface area contributed by atoms with Crippen LogP contribution >= 0.6 is 28.1 Å². The first-order valence-electron chi connectivity index (χ1n) is 9.26. The average Bonchev–Trinajstić information content (AvgIpc) is 2.69. The van der Waals surface area contributed by atoms with Crippen molar-refractivity contribution in [2.45, 2.75) is 44.8 Å². The van der Waals surface area contributed by atoms with Gasteiger partial charge in [0.2, 0.25) is 0 Å². The van der Waals surface area contributed by atoms with Crippen LogP contribution in [-0.2, 0) is 6.61 Å². The monoisotopic (exact) mass is 445 g/mol. The van der Waals surface area contributed by atoms with Gasteiger partial charge in [-0.25, -0.2) is 0 Å². The van der Waals surface area contributed by atoms with Crippen LogP contribution in [0.15, 0.2) is 58.1 Å². The smallest absolute Gasteiger partial charge is 0.187 e. The maximum absolute atomic E-state index is 5.81.